The van der Waals surface area contributed by atoms with Crippen LogP contribution in [0.25, 0.3) is 0 Å². The molecular formula is C22H29N5O2. The molecule has 7 nitrogen and oxygen atoms in total. The van der Waals surface area contributed by atoms with E-state index in [9.17, 15) is 9.59 Å². The summed E-state index contributed by atoms with van der Waals surface area (Å²) in [4.78, 5) is 27.3. The maximum atomic E-state index is 12.8. The predicted octanol–water partition coefficient (Wildman–Crippen LogP) is 1.39. The van der Waals surface area contributed by atoms with Crippen LogP contribution in [-0.4, -0.2) is 59.2 Å². The molecule has 1 aromatic heterocycles. The van der Waals surface area contributed by atoms with Crippen molar-refractivity contribution in [3.05, 3.63) is 53.9 Å². The molecule has 2 fully saturated rings. The number of aromatic nitrogens is 2. The quantitative estimate of drug-likeness (QED) is 0.802. The topological polar surface area (TPSA) is 79.3 Å². The highest BCUT2D eigenvalue weighted by molar-refractivity contribution is 5.94. The predicted molar refractivity (Wildman–Crippen MR) is 110 cm³/mol. The number of nitrogens with zero attached hydrogens (tertiary/aromatic N) is 3. The van der Waals surface area contributed by atoms with Gasteiger partial charge in [-0.3, -0.25) is 14.3 Å². The fourth-order valence-corrected chi connectivity index (χ4v) is 4.42. The number of carbonyl (C=O) groups excluding carboxylic acids is 2. The summed E-state index contributed by atoms with van der Waals surface area (Å²) in [5, 5.41) is 10.8. The highest BCUT2D eigenvalue weighted by atomic mass is 16.2. The van der Waals surface area contributed by atoms with E-state index in [0.717, 1.165) is 43.6 Å². The van der Waals surface area contributed by atoms with Gasteiger partial charge >= 0.3 is 0 Å². The van der Waals surface area contributed by atoms with E-state index in [0.29, 0.717) is 19.0 Å². The van der Waals surface area contributed by atoms with Crippen LogP contribution in [0.5, 0.6) is 0 Å². The van der Waals surface area contributed by atoms with Gasteiger partial charge in [0.2, 0.25) is 5.91 Å². The van der Waals surface area contributed by atoms with E-state index in [1.54, 1.807) is 4.68 Å². The molecule has 4 rings (SSSR count). The number of hydrogen-bond acceptors (Lipinski definition) is 4. The smallest absolute Gasteiger partial charge is 0.253 e. The third-order valence-electron chi connectivity index (χ3n) is 6.19. The Labute approximate surface area is 171 Å². The van der Waals surface area contributed by atoms with Crippen molar-refractivity contribution >= 4 is 11.8 Å². The maximum Gasteiger partial charge on any atom is 0.253 e. The van der Waals surface area contributed by atoms with Crippen LogP contribution in [0.15, 0.2) is 42.7 Å². The molecule has 3 heterocycles. The van der Waals surface area contributed by atoms with Crippen molar-refractivity contribution in [3.63, 3.8) is 0 Å². The van der Waals surface area contributed by atoms with Crippen molar-refractivity contribution in [2.45, 2.75) is 18.8 Å². The van der Waals surface area contributed by atoms with Crippen LogP contribution in [0.2, 0.25) is 0 Å². The van der Waals surface area contributed by atoms with Crippen molar-refractivity contribution in [2.75, 3.05) is 32.7 Å². The second kappa shape index (κ2) is 8.78. The number of aryl methyl sites for hydroxylation is 1. The third kappa shape index (κ3) is 4.50. The highest BCUT2D eigenvalue weighted by Gasteiger charge is 2.35. The standard InChI is InChI=1S/C22H29N5O2/c1-26-15-18(12-25-26)19-13-23-14-20(19)21(28)24-11-16-7-9-27(10-8-16)22(29)17-5-3-2-4-6-17/h2-6,12,15-16,19-20,23H,7-11,13-14H2,1H3,(H,24,28)/t19-,20+/m1/s1. The van der Waals surface area contributed by atoms with Crippen LogP contribution in [0.3, 0.4) is 0 Å². The lowest BCUT2D eigenvalue weighted by molar-refractivity contribution is -0.125. The van der Waals surface area contributed by atoms with Gasteiger partial charge in [-0.1, -0.05) is 18.2 Å². The minimum atomic E-state index is -0.0565. The van der Waals surface area contributed by atoms with Crippen molar-refractivity contribution < 1.29 is 9.59 Å². The van der Waals surface area contributed by atoms with E-state index in [4.69, 9.17) is 0 Å². The Balaban J connectivity index is 1.25. The van der Waals surface area contributed by atoms with Crippen LogP contribution < -0.4 is 10.6 Å². The van der Waals surface area contributed by atoms with Gasteiger partial charge in [-0.2, -0.15) is 5.10 Å². The van der Waals surface area contributed by atoms with Gasteiger partial charge in [0.15, 0.2) is 0 Å². The lowest BCUT2D eigenvalue weighted by Crippen LogP contribution is -2.43. The Bertz CT molecular complexity index is 842. The van der Waals surface area contributed by atoms with Gasteiger partial charge in [-0.25, -0.2) is 0 Å². The molecule has 0 bridgehead atoms. The summed E-state index contributed by atoms with van der Waals surface area (Å²) >= 11 is 0. The van der Waals surface area contributed by atoms with Crippen LogP contribution >= 0.6 is 0 Å². The Morgan fingerprint density at radius 3 is 2.62 bits per heavy atom. The lowest BCUT2D eigenvalue weighted by Gasteiger charge is -2.32. The van der Waals surface area contributed by atoms with E-state index >= 15 is 0 Å². The molecule has 154 valence electrons. The van der Waals surface area contributed by atoms with E-state index in [-0.39, 0.29) is 23.7 Å². The van der Waals surface area contributed by atoms with Gasteiger partial charge in [0.05, 0.1) is 12.1 Å². The number of nitrogens with one attached hydrogen (secondary N) is 2. The fraction of sp³-hybridized carbons (Fsp3) is 0.500. The monoisotopic (exact) mass is 395 g/mol. The van der Waals surface area contributed by atoms with Crippen molar-refractivity contribution in [2.24, 2.45) is 18.9 Å². The Hall–Kier alpha value is -2.67. The molecule has 2 atom stereocenters. The lowest BCUT2D eigenvalue weighted by atomic mass is 9.89. The summed E-state index contributed by atoms with van der Waals surface area (Å²) in [6, 6.07) is 9.44. The van der Waals surface area contributed by atoms with E-state index in [1.807, 2.05) is 54.7 Å². The molecule has 0 saturated carbocycles. The SMILES string of the molecule is Cn1cc([C@H]2CNC[C@@H]2C(=O)NCC2CCN(C(=O)c3ccccc3)CC2)cn1. The molecule has 7 heteroatoms. The summed E-state index contributed by atoms with van der Waals surface area (Å²) < 4.78 is 1.78. The van der Waals surface area contributed by atoms with Crippen molar-refractivity contribution in [1.82, 2.24) is 25.3 Å². The highest BCUT2D eigenvalue weighted by Crippen LogP contribution is 2.28. The summed E-state index contributed by atoms with van der Waals surface area (Å²) in [7, 11) is 1.90. The van der Waals surface area contributed by atoms with Crippen LogP contribution in [-0.2, 0) is 11.8 Å². The number of hydrogen-bond donors (Lipinski definition) is 2. The van der Waals surface area contributed by atoms with Crippen LogP contribution in [0.1, 0.15) is 34.7 Å². The minimum absolute atomic E-state index is 0.0565. The van der Waals surface area contributed by atoms with Gasteiger partial charge in [-0.05, 0) is 36.5 Å². The molecule has 0 aliphatic carbocycles. The number of carbonyl (C=O) groups is 2. The molecular weight excluding hydrogens is 366 g/mol. The van der Waals surface area contributed by atoms with Gasteiger partial charge in [0.1, 0.15) is 0 Å². The van der Waals surface area contributed by atoms with Crippen LogP contribution in [0.4, 0.5) is 0 Å². The summed E-state index contributed by atoms with van der Waals surface area (Å²) in [6.45, 7) is 3.69. The molecule has 2 N–H and O–H groups in total. The third-order valence-corrected chi connectivity index (χ3v) is 6.19. The zero-order valence-corrected chi connectivity index (χ0v) is 16.9. The first-order valence-electron chi connectivity index (χ1n) is 10.4. The first-order valence-corrected chi connectivity index (χ1v) is 10.4. The molecule has 0 radical (unpaired) electrons. The Kier molecular flexibility index (Phi) is 5.94. The van der Waals surface area contributed by atoms with Crippen molar-refractivity contribution in [3.8, 4) is 0 Å². The number of amides is 2. The summed E-state index contributed by atoms with van der Waals surface area (Å²) in [5.74, 6) is 0.758. The number of likely N-dealkylation sites (tertiary alicyclic amines) is 1. The minimum Gasteiger partial charge on any atom is -0.356 e. The summed E-state index contributed by atoms with van der Waals surface area (Å²) in [5.41, 5.74) is 1.86. The average molecular weight is 396 g/mol. The second-order valence-electron chi connectivity index (χ2n) is 8.17. The fourth-order valence-electron chi connectivity index (χ4n) is 4.42. The van der Waals surface area contributed by atoms with Crippen LogP contribution in [0, 0.1) is 11.8 Å². The van der Waals surface area contributed by atoms with E-state index in [2.05, 4.69) is 15.7 Å². The molecule has 2 aliphatic rings. The maximum absolute atomic E-state index is 12.8. The van der Waals surface area contributed by atoms with Gasteiger partial charge < -0.3 is 15.5 Å². The average Bonchev–Trinajstić information content (AvgIpc) is 3.41. The number of piperidine rings is 1. The van der Waals surface area contributed by atoms with Gasteiger partial charge in [-0.15, -0.1) is 0 Å². The molecule has 2 aliphatic heterocycles. The Morgan fingerprint density at radius 1 is 1.17 bits per heavy atom. The first kappa shape index (κ1) is 19.6. The molecule has 0 spiro atoms. The molecule has 0 unspecified atom stereocenters. The van der Waals surface area contributed by atoms with E-state index in [1.165, 1.54) is 0 Å². The van der Waals surface area contributed by atoms with Crippen molar-refractivity contribution in [1.29, 1.82) is 0 Å². The second-order valence-corrected chi connectivity index (χ2v) is 8.17. The molecule has 1 aromatic carbocycles. The number of benzene rings is 1. The molecule has 2 amide bonds. The summed E-state index contributed by atoms with van der Waals surface area (Å²) in [6.07, 6.45) is 5.70. The number of rotatable bonds is 5. The normalized spacial score (nSPS) is 22.6. The zero-order valence-electron chi connectivity index (χ0n) is 16.9. The largest absolute Gasteiger partial charge is 0.356 e. The Morgan fingerprint density at radius 2 is 1.93 bits per heavy atom. The molecule has 2 saturated heterocycles. The van der Waals surface area contributed by atoms with Gasteiger partial charge in [0.25, 0.3) is 5.91 Å². The molecule has 29 heavy (non-hydrogen) atoms. The zero-order chi connectivity index (χ0) is 20.2. The van der Waals surface area contributed by atoms with E-state index < -0.39 is 0 Å². The molecule has 2 aromatic rings. The van der Waals surface area contributed by atoms with Gasteiger partial charge in [0, 0.05) is 57.4 Å². The first-order chi connectivity index (χ1) is 14.1.